The topological polar surface area (TPSA) is 61.8 Å². The fraction of sp³-hybridized carbons (Fsp3) is 0.818. The minimum atomic E-state index is -0.551. The zero-order chi connectivity index (χ0) is 43.5. The third-order valence-corrected chi connectivity index (χ3v) is 11.3. The molecule has 0 aromatic rings. The fourth-order valence-corrected chi connectivity index (χ4v) is 7.46. The van der Waals surface area contributed by atoms with Gasteiger partial charge in [-0.05, 0) is 77.0 Å². The smallest absolute Gasteiger partial charge is 0.306 e. The highest BCUT2D eigenvalue weighted by Gasteiger charge is 2.17. The Morgan fingerprint density at radius 1 is 0.383 bits per heavy atom. The molecule has 0 aromatic carbocycles. The zero-order valence-corrected chi connectivity index (χ0v) is 40.2. The molecule has 1 atom stereocenters. The van der Waals surface area contributed by atoms with Crippen molar-refractivity contribution in [2.45, 2.75) is 271 Å². The second-order valence-electron chi connectivity index (χ2n) is 17.4. The molecule has 5 heteroatoms. The van der Waals surface area contributed by atoms with Gasteiger partial charge < -0.3 is 14.2 Å². The van der Waals surface area contributed by atoms with Gasteiger partial charge in [-0.15, -0.1) is 0 Å². The molecule has 0 aliphatic heterocycles. The Bertz CT molecular complexity index is 997. The molecule has 1 unspecified atom stereocenters. The maximum atomic E-state index is 12.8. The molecule has 350 valence electrons. The van der Waals surface area contributed by atoms with Crippen LogP contribution < -0.4 is 0 Å². The molecule has 60 heavy (non-hydrogen) atoms. The van der Waals surface area contributed by atoms with E-state index in [1.54, 1.807) is 0 Å². The molecule has 0 aliphatic rings. The van der Waals surface area contributed by atoms with E-state index in [0.717, 1.165) is 70.6 Å². The average molecular weight is 841 g/mol. The summed E-state index contributed by atoms with van der Waals surface area (Å²) in [4.78, 5) is 25.4. The predicted octanol–water partition coefficient (Wildman–Crippen LogP) is 17.6. The monoisotopic (exact) mass is 841 g/mol. The number of hydrogen-bond acceptors (Lipinski definition) is 5. The molecule has 0 saturated heterocycles. The normalized spacial score (nSPS) is 12.5. The number of hydrogen-bond donors (Lipinski definition) is 0. The Kier molecular flexibility index (Phi) is 49.4. The van der Waals surface area contributed by atoms with Gasteiger partial charge in [-0.3, -0.25) is 9.59 Å². The van der Waals surface area contributed by atoms with Crippen molar-refractivity contribution in [1.82, 2.24) is 0 Å². The lowest BCUT2D eigenvalue weighted by molar-refractivity contribution is -0.163. The molecule has 0 radical (unpaired) electrons. The van der Waals surface area contributed by atoms with Crippen LogP contribution in [0.1, 0.15) is 265 Å². The molecule has 0 N–H and O–H groups in total. The summed E-state index contributed by atoms with van der Waals surface area (Å²) in [6, 6.07) is 0. The molecule has 0 spiro atoms. The minimum absolute atomic E-state index is 0.0743. The lowest BCUT2D eigenvalue weighted by Gasteiger charge is -2.18. The summed E-state index contributed by atoms with van der Waals surface area (Å²) in [6.07, 6.45) is 62.6. The number of allylic oxidation sites excluding steroid dienone is 8. The Balaban J connectivity index is 4.26. The molecule has 0 amide bonds. The number of unbranched alkanes of at least 4 members (excludes halogenated alkanes) is 29. The molecule has 0 aromatic heterocycles. The molecule has 0 saturated carbocycles. The van der Waals surface area contributed by atoms with E-state index in [1.807, 2.05) is 0 Å². The Morgan fingerprint density at radius 3 is 1.25 bits per heavy atom. The molecule has 0 aliphatic carbocycles. The first kappa shape index (κ1) is 57.9. The van der Waals surface area contributed by atoms with Gasteiger partial charge in [0.15, 0.2) is 6.10 Å². The quantitative estimate of drug-likeness (QED) is 0.0347. The summed E-state index contributed by atoms with van der Waals surface area (Å²) in [5.41, 5.74) is 0. The second-order valence-corrected chi connectivity index (χ2v) is 17.4. The van der Waals surface area contributed by atoms with Crippen molar-refractivity contribution < 1.29 is 23.8 Å². The Morgan fingerprint density at radius 2 is 0.750 bits per heavy atom. The van der Waals surface area contributed by atoms with Crippen molar-refractivity contribution in [3.8, 4) is 0 Å². The second kappa shape index (κ2) is 51.2. The molecule has 0 fully saturated rings. The molecule has 0 rings (SSSR count). The first-order valence-corrected chi connectivity index (χ1v) is 26.2. The molecule has 5 nitrogen and oxygen atoms in total. The number of carbonyl (C=O) groups excluding carboxylic acids is 2. The maximum Gasteiger partial charge on any atom is 0.306 e. The van der Waals surface area contributed by atoms with Crippen molar-refractivity contribution in [3.05, 3.63) is 48.6 Å². The van der Waals surface area contributed by atoms with E-state index in [4.69, 9.17) is 14.2 Å². The number of ether oxygens (including phenoxy) is 3. The lowest BCUT2D eigenvalue weighted by atomic mass is 10.0. The van der Waals surface area contributed by atoms with Crippen molar-refractivity contribution in [3.63, 3.8) is 0 Å². The van der Waals surface area contributed by atoms with Crippen LogP contribution in [0.4, 0.5) is 0 Å². The summed E-state index contributed by atoms with van der Waals surface area (Å²) >= 11 is 0. The van der Waals surface area contributed by atoms with E-state index in [-0.39, 0.29) is 25.2 Å². The molecular weight excluding hydrogens is 741 g/mol. The lowest BCUT2D eigenvalue weighted by Crippen LogP contribution is -2.30. The molecule has 0 heterocycles. The van der Waals surface area contributed by atoms with Gasteiger partial charge in [0.2, 0.25) is 0 Å². The van der Waals surface area contributed by atoms with Crippen LogP contribution in [-0.2, 0) is 23.8 Å². The SMILES string of the molecule is CC/C=C\C/C=C\C/C=C\CCCCCC(=O)OC(COCCCCCCCC/C=C\CCCCCC)COC(=O)CCCCCCCCCCCCCCCCCCC. The van der Waals surface area contributed by atoms with Crippen molar-refractivity contribution >= 4 is 11.9 Å². The third kappa shape index (κ3) is 48.5. The first-order valence-electron chi connectivity index (χ1n) is 26.2. The van der Waals surface area contributed by atoms with Gasteiger partial charge in [0.25, 0.3) is 0 Å². The van der Waals surface area contributed by atoms with Crippen LogP contribution in [0.15, 0.2) is 48.6 Å². The number of carbonyl (C=O) groups is 2. The van der Waals surface area contributed by atoms with Crippen LogP contribution in [-0.4, -0.2) is 37.9 Å². The molecular formula is C55H100O5. The van der Waals surface area contributed by atoms with Gasteiger partial charge in [-0.2, -0.15) is 0 Å². The summed E-state index contributed by atoms with van der Waals surface area (Å²) in [5.74, 6) is -0.423. The Labute approximate surface area is 373 Å². The Hall–Kier alpha value is -2.14. The largest absolute Gasteiger partial charge is 0.462 e. The van der Waals surface area contributed by atoms with Gasteiger partial charge in [-0.1, -0.05) is 223 Å². The standard InChI is InChI=1S/C55H100O5/c1-4-7-10-13-16-19-22-25-27-28-29-31-33-36-39-42-45-48-54(56)59-52-53(51-58-50-47-44-41-38-35-32-26-23-20-17-14-11-8-5-2)60-55(57)49-46-43-40-37-34-30-24-21-18-15-12-9-6-3/h9,12,18,20-21,23,30,34,53H,4-8,10-11,13-17,19,22,24-29,31-33,35-52H2,1-3H3/b12-9-,21-18-,23-20-,34-30-. The average Bonchev–Trinajstić information content (AvgIpc) is 3.25. The van der Waals surface area contributed by atoms with Gasteiger partial charge in [-0.25, -0.2) is 0 Å². The summed E-state index contributed by atoms with van der Waals surface area (Å²) in [5, 5.41) is 0. The van der Waals surface area contributed by atoms with E-state index in [2.05, 4.69) is 69.4 Å². The van der Waals surface area contributed by atoms with Crippen LogP contribution in [0.2, 0.25) is 0 Å². The first-order chi connectivity index (χ1) is 29.6. The van der Waals surface area contributed by atoms with Crippen LogP contribution in [0.5, 0.6) is 0 Å². The minimum Gasteiger partial charge on any atom is -0.462 e. The third-order valence-electron chi connectivity index (χ3n) is 11.3. The maximum absolute atomic E-state index is 12.8. The fourth-order valence-electron chi connectivity index (χ4n) is 7.46. The zero-order valence-electron chi connectivity index (χ0n) is 40.2. The van der Waals surface area contributed by atoms with E-state index in [0.29, 0.717) is 19.4 Å². The summed E-state index contributed by atoms with van der Waals surface area (Å²) < 4.78 is 17.4. The van der Waals surface area contributed by atoms with Gasteiger partial charge in [0, 0.05) is 19.4 Å². The highest BCUT2D eigenvalue weighted by Crippen LogP contribution is 2.15. The van der Waals surface area contributed by atoms with E-state index in [9.17, 15) is 9.59 Å². The van der Waals surface area contributed by atoms with Crippen molar-refractivity contribution in [2.24, 2.45) is 0 Å². The number of rotatable bonds is 48. The molecule has 0 bridgehead atoms. The highest BCUT2D eigenvalue weighted by atomic mass is 16.6. The van der Waals surface area contributed by atoms with E-state index < -0.39 is 6.10 Å². The van der Waals surface area contributed by atoms with Gasteiger partial charge in [0.1, 0.15) is 6.61 Å². The van der Waals surface area contributed by atoms with Crippen LogP contribution in [0.3, 0.4) is 0 Å². The highest BCUT2D eigenvalue weighted by molar-refractivity contribution is 5.70. The van der Waals surface area contributed by atoms with E-state index >= 15 is 0 Å². The van der Waals surface area contributed by atoms with Crippen LogP contribution in [0, 0.1) is 0 Å². The van der Waals surface area contributed by atoms with Crippen LogP contribution >= 0.6 is 0 Å². The summed E-state index contributed by atoms with van der Waals surface area (Å²) in [6.45, 7) is 7.69. The predicted molar refractivity (Wildman–Crippen MR) is 261 cm³/mol. The van der Waals surface area contributed by atoms with E-state index in [1.165, 1.54) is 161 Å². The summed E-state index contributed by atoms with van der Waals surface area (Å²) in [7, 11) is 0. The van der Waals surface area contributed by atoms with Gasteiger partial charge in [0.05, 0.1) is 6.61 Å². The van der Waals surface area contributed by atoms with Crippen LogP contribution in [0.25, 0.3) is 0 Å². The van der Waals surface area contributed by atoms with Crippen molar-refractivity contribution in [1.29, 1.82) is 0 Å². The number of esters is 2. The van der Waals surface area contributed by atoms with Gasteiger partial charge >= 0.3 is 11.9 Å². The van der Waals surface area contributed by atoms with Crippen molar-refractivity contribution in [2.75, 3.05) is 19.8 Å².